The fraction of sp³-hybridized carbons (Fsp3) is 0.375. The molecule has 1 aromatic heterocycles. The van der Waals surface area contributed by atoms with E-state index in [1.165, 1.54) is 6.92 Å². The van der Waals surface area contributed by atoms with Crippen molar-refractivity contribution < 1.29 is 9.59 Å². The number of aromatic amines is 1. The Morgan fingerprint density at radius 2 is 2.04 bits per heavy atom. The van der Waals surface area contributed by atoms with Gasteiger partial charge in [0.1, 0.15) is 5.82 Å². The van der Waals surface area contributed by atoms with Gasteiger partial charge in [-0.25, -0.2) is 0 Å². The Kier molecular flexibility index (Phi) is 4.75. The number of nitrogens with one attached hydrogen (secondary N) is 3. The highest BCUT2D eigenvalue weighted by Crippen LogP contribution is 2.35. The molecule has 1 heterocycles. The number of anilines is 1. The number of hydrogen-bond donors (Lipinski definition) is 3. The Bertz CT molecular complexity index is 805. The normalized spacial score (nSPS) is 13.5. The van der Waals surface area contributed by atoms with Crippen molar-refractivity contribution in [3.8, 4) is 0 Å². The first-order valence-electron chi connectivity index (χ1n) is 7.86. The lowest BCUT2D eigenvalue weighted by molar-refractivity contribution is -0.114. The van der Waals surface area contributed by atoms with Gasteiger partial charge < -0.3 is 15.2 Å². The summed E-state index contributed by atoms with van der Waals surface area (Å²) in [7, 11) is 0. The Labute approximate surface area is 144 Å². The van der Waals surface area contributed by atoms with Crippen LogP contribution >= 0.6 is 12.2 Å². The lowest BCUT2D eigenvalue weighted by atomic mass is 10.2. The molecular formula is C16H19N5O2S. The molecule has 0 spiro atoms. The van der Waals surface area contributed by atoms with Crippen LogP contribution < -0.4 is 10.6 Å². The highest BCUT2D eigenvalue weighted by molar-refractivity contribution is 7.71. The molecular weight excluding hydrogens is 326 g/mol. The summed E-state index contributed by atoms with van der Waals surface area (Å²) in [4.78, 5) is 23.1. The van der Waals surface area contributed by atoms with Gasteiger partial charge in [-0.1, -0.05) is 0 Å². The second-order valence-corrected chi connectivity index (χ2v) is 6.20. The Morgan fingerprint density at radius 3 is 2.67 bits per heavy atom. The highest BCUT2D eigenvalue weighted by atomic mass is 32.1. The number of carbonyl (C=O) groups is 2. The van der Waals surface area contributed by atoms with Crippen molar-refractivity contribution in [2.75, 3.05) is 11.9 Å². The fourth-order valence-electron chi connectivity index (χ4n) is 2.52. The van der Waals surface area contributed by atoms with Crippen LogP contribution in [0.15, 0.2) is 24.3 Å². The topological polar surface area (TPSA) is 91.8 Å². The van der Waals surface area contributed by atoms with Gasteiger partial charge >= 0.3 is 0 Å². The SMILES string of the molecule is CC(=O)Nc1ccc(C(=O)NCCc2n[nH]c(=S)n2C2CC2)cc1. The lowest BCUT2D eigenvalue weighted by Gasteiger charge is -2.07. The average molecular weight is 345 g/mol. The van der Waals surface area contributed by atoms with Crippen LogP contribution in [0, 0.1) is 4.77 Å². The zero-order chi connectivity index (χ0) is 17.1. The minimum atomic E-state index is -0.156. The van der Waals surface area contributed by atoms with E-state index >= 15 is 0 Å². The predicted octanol–water partition coefficient (Wildman–Crippen LogP) is 2.21. The van der Waals surface area contributed by atoms with E-state index in [1.54, 1.807) is 24.3 Å². The van der Waals surface area contributed by atoms with Crippen molar-refractivity contribution in [2.24, 2.45) is 0 Å². The second kappa shape index (κ2) is 6.96. The number of amides is 2. The molecule has 0 atom stereocenters. The number of aromatic nitrogens is 3. The smallest absolute Gasteiger partial charge is 0.251 e. The maximum absolute atomic E-state index is 12.2. The van der Waals surface area contributed by atoms with Crippen LogP contribution in [0.2, 0.25) is 0 Å². The first-order valence-corrected chi connectivity index (χ1v) is 8.27. The van der Waals surface area contributed by atoms with E-state index < -0.39 is 0 Å². The third kappa shape index (κ3) is 3.88. The van der Waals surface area contributed by atoms with Gasteiger partial charge in [0.15, 0.2) is 4.77 Å². The summed E-state index contributed by atoms with van der Waals surface area (Å²) in [6, 6.07) is 7.23. The van der Waals surface area contributed by atoms with Crippen molar-refractivity contribution in [1.29, 1.82) is 0 Å². The van der Waals surface area contributed by atoms with E-state index in [2.05, 4.69) is 20.8 Å². The molecule has 2 aromatic rings. The maximum atomic E-state index is 12.2. The van der Waals surface area contributed by atoms with Crippen molar-refractivity contribution in [1.82, 2.24) is 20.1 Å². The minimum Gasteiger partial charge on any atom is -0.352 e. The summed E-state index contributed by atoms with van der Waals surface area (Å²) in [6.45, 7) is 1.93. The summed E-state index contributed by atoms with van der Waals surface area (Å²) < 4.78 is 2.69. The van der Waals surface area contributed by atoms with Gasteiger partial charge in [-0.2, -0.15) is 5.10 Å². The van der Waals surface area contributed by atoms with Crippen molar-refractivity contribution in [3.05, 3.63) is 40.4 Å². The third-order valence-corrected chi connectivity index (χ3v) is 4.08. The summed E-state index contributed by atoms with van der Waals surface area (Å²) in [5.74, 6) is 0.580. The van der Waals surface area contributed by atoms with Crippen LogP contribution in [0.3, 0.4) is 0 Å². The standard InChI is InChI=1S/C16H19N5O2S/c1-10(22)18-12-4-2-11(3-5-12)15(23)17-9-8-14-19-20-16(24)21(14)13-6-7-13/h2-5,13H,6-9H2,1H3,(H,17,23)(H,18,22)(H,20,24). The van der Waals surface area contributed by atoms with Gasteiger partial charge in [-0.05, 0) is 49.3 Å². The quantitative estimate of drug-likeness (QED) is 0.700. The first kappa shape index (κ1) is 16.4. The van der Waals surface area contributed by atoms with E-state index in [9.17, 15) is 9.59 Å². The van der Waals surface area contributed by atoms with E-state index in [-0.39, 0.29) is 11.8 Å². The Hall–Kier alpha value is -2.48. The molecule has 24 heavy (non-hydrogen) atoms. The zero-order valence-electron chi connectivity index (χ0n) is 13.3. The number of H-pyrrole nitrogens is 1. The largest absolute Gasteiger partial charge is 0.352 e. The van der Waals surface area contributed by atoms with Gasteiger partial charge in [-0.15, -0.1) is 0 Å². The van der Waals surface area contributed by atoms with Crippen molar-refractivity contribution in [3.63, 3.8) is 0 Å². The second-order valence-electron chi connectivity index (χ2n) is 5.81. The molecule has 1 aliphatic carbocycles. The molecule has 0 aliphatic heterocycles. The molecule has 7 nitrogen and oxygen atoms in total. The van der Waals surface area contributed by atoms with E-state index in [1.807, 2.05) is 4.57 Å². The molecule has 3 N–H and O–H groups in total. The zero-order valence-corrected chi connectivity index (χ0v) is 14.2. The first-order chi connectivity index (χ1) is 11.5. The van der Waals surface area contributed by atoms with Gasteiger partial charge in [0.25, 0.3) is 5.91 Å². The summed E-state index contributed by atoms with van der Waals surface area (Å²) in [5.41, 5.74) is 1.21. The number of nitrogens with zero attached hydrogens (tertiary/aromatic N) is 2. The molecule has 126 valence electrons. The van der Waals surface area contributed by atoms with Crippen LogP contribution in [0.4, 0.5) is 5.69 Å². The molecule has 1 fully saturated rings. The number of benzene rings is 1. The predicted molar refractivity (Wildman–Crippen MR) is 92.5 cm³/mol. The average Bonchev–Trinajstić information content (AvgIpc) is 3.31. The van der Waals surface area contributed by atoms with Gasteiger partial charge in [0, 0.05) is 37.2 Å². The number of hydrogen-bond acceptors (Lipinski definition) is 4. The molecule has 0 saturated heterocycles. The third-order valence-electron chi connectivity index (χ3n) is 3.79. The van der Waals surface area contributed by atoms with Gasteiger partial charge in [-0.3, -0.25) is 14.7 Å². The highest BCUT2D eigenvalue weighted by Gasteiger charge is 2.26. The minimum absolute atomic E-state index is 0.142. The number of rotatable bonds is 6. The van der Waals surface area contributed by atoms with E-state index in [0.717, 1.165) is 18.7 Å². The lowest BCUT2D eigenvalue weighted by Crippen LogP contribution is -2.26. The molecule has 0 bridgehead atoms. The van der Waals surface area contributed by atoms with E-state index in [0.29, 0.717) is 35.0 Å². The molecule has 3 rings (SSSR count). The summed E-state index contributed by atoms with van der Waals surface area (Å²) >= 11 is 5.24. The molecule has 0 radical (unpaired) electrons. The summed E-state index contributed by atoms with van der Waals surface area (Å²) in [5, 5.41) is 12.6. The fourth-order valence-corrected chi connectivity index (χ4v) is 2.82. The molecule has 1 saturated carbocycles. The van der Waals surface area contributed by atoms with Crippen molar-refractivity contribution >= 4 is 29.7 Å². The maximum Gasteiger partial charge on any atom is 0.251 e. The Morgan fingerprint density at radius 1 is 1.33 bits per heavy atom. The molecule has 8 heteroatoms. The van der Waals surface area contributed by atoms with Gasteiger partial charge in [0.2, 0.25) is 5.91 Å². The Balaban J connectivity index is 1.54. The van der Waals surface area contributed by atoms with Crippen LogP contribution in [-0.4, -0.2) is 33.1 Å². The van der Waals surface area contributed by atoms with E-state index in [4.69, 9.17) is 12.2 Å². The van der Waals surface area contributed by atoms with Crippen LogP contribution in [0.1, 0.15) is 42.0 Å². The molecule has 0 unspecified atom stereocenters. The monoisotopic (exact) mass is 345 g/mol. The molecule has 2 amide bonds. The van der Waals surface area contributed by atoms with Crippen LogP contribution in [0.25, 0.3) is 0 Å². The molecule has 1 aromatic carbocycles. The van der Waals surface area contributed by atoms with Crippen LogP contribution in [0.5, 0.6) is 0 Å². The number of carbonyl (C=O) groups excluding carboxylic acids is 2. The van der Waals surface area contributed by atoms with Crippen molar-refractivity contribution in [2.45, 2.75) is 32.2 Å². The molecule has 1 aliphatic rings. The van der Waals surface area contributed by atoms with Crippen LogP contribution in [-0.2, 0) is 11.2 Å². The summed E-state index contributed by atoms with van der Waals surface area (Å²) in [6.07, 6.45) is 2.89. The van der Waals surface area contributed by atoms with Gasteiger partial charge in [0.05, 0.1) is 0 Å².